The quantitative estimate of drug-likeness (QED) is 0.662. The molecule has 2 N–H and O–H groups in total. The van der Waals surface area contributed by atoms with Gasteiger partial charge in [-0.1, -0.05) is 13.6 Å². The van der Waals surface area contributed by atoms with E-state index in [2.05, 4.69) is 7.28 Å². The van der Waals surface area contributed by atoms with E-state index in [0.717, 1.165) is 12.2 Å². The summed E-state index contributed by atoms with van der Waals surface area (Å²) in [6.45, 7) is 3.99. The number of methoxy groups -OCH3 is 1. The zero-order valence-electron chi connectivity index (χ0n) is 14.1. The highest BCUT2D eigenvalue weighted by atomic mass is 32.2. The number of aliphatic hydroxyl groups excluding tert-OH is 2. The van der Waals surface area contributed by atoms with Crippen molar-refractivity contribution in [1.29, 1.82) is 0 Å². The highest BCUT2D eigenvalue weighted by Crippen LogP contribution is 2.27. The van der Waals surface area contributed by atoms with Crippen molar-refractivity contribution in [2.24, 2.45) is 0 Å². The van der Waals surface area contributed by atoms with Gasteiger partial charge in [0.15, 0.2) is 0 Å². The van der Waals surface area contributed by atoms with Gasteiger partial charge in [0, 0.05) is 38.5 Å². The molecule has 0 bridgehead atoms. The van der Waals surface area contributed by atoms with Crippen molar-refractivity contribution in [1.82, 2.24) is 0 Å². The molecule has 1 unspecified atom stereocenters. The average molecular weight is 348 g/mol. The number of hydrogen-bond acceptors (Lipinski definition) is 6. The maximum atomic E-state index is 13.5. The van der Waals surface area contributed by atoms with Crippen LogP contribution in [0.1, 0.15) is 12.8 Å². The largest absolute Gasteiger partial charge is 0.396 e. The first-order valence-corrected chi connectivity index (χ1v) is 9.06. The molecular weight excluding hydrogens is 321 g/mol. The molecule has 2 fully saturated rings. The van der Waals surface area contributed by atoms with Crippen LogP contribution in [0, 0.1) is 0 Å². The third-order valence-corrected chi connectivity index (χ3v) is 5.09. The molecule has 9 heteroatoms. The average Bonchev–Trinajstić information content (AvgIpc) is 3.13. The number of alkyl halides is 1. The van der Waals surface area contributed by atoms with E-state index in [1.54, 1.807) is 25.9 Å². The lowest BCUT2D eigenvalue weighted by Crippen LogP contribution is -2.32. The van der Waals surface area contributed by atoms with Crippen LogP contribution in [0.4, 0.5) is 4.39 Å². The van der Waals surface area contributed by atoms with Gasteiger partial charge >= 0.3 is 0 Å². The molecule has 2 radical (unpaired) electrons. The van der Waals surface area contributed by atoms with Crippen molar-refractivity contribution in [3.63, 3.8) is 0 Å². The molecule has 0 amide bonds. The van der Waals surface area contributed by atoms with E-state index in [-0.39, 0.29) is 24.8 Å². The van der Waals surface area contributed by atoms with Crippen LogP contribution in [0.25, 0.3) is 0 Å². The van der Waals surface area contributed by atoms with Crippen molar-refractivity contribution in [2.45, 2.75) is 62.3 Å². The molecule has 2 rings (SSSR count). The van der Waals surface area contributed by atoms with Gasteiger partial charge < -0.3 is 24.4 Å². The van der Waals surface area contributed by atoms with Gasteiger partial charge in [-0.3, -0.25) is 0 Å². The number of ether oxygens (including phenoxy) is 3. The van der Waals surface area contributed by atoms with E-state index in [9.17, 15) is 4.39 Å². The third-order valence-electron chi connectivity index (χ3n) is 3.85. The molecule has 2 saturated heterocycles. The first-order chi connectivity index (χ1) is 11.1. The maximum Gasteiger partial charge on any atom is 0.150 e. The minimum atomic E-state index is -1.12. The summed E-state index contributed by atoms with van der Waals surface area (Å²) in [7, 11) is 5.20. The van der Waals surface area contributed by atoms with Gasteiger partial charge in [0.25, 0.3) is 0 Å². The topological polar surface area (TPSA) is 68.2 Å². The van der Waals surface area contributed by atoms with Crippen LogP contribution in [0.3, 0.4) is 0 Å². The summed E-state index contributed by atoms with van der Waals surface area (Å²) < 4.78 is 29.3. The number of rotatable bonds is 7. The molecular formula is C14H27B2FO5S. The van der Waals surface area contributed by atoms with E-state index < -0.39 is 18.3 Å². The van der Waals surface area contributed by atoms with E-state index >= 15 is 0 Å². The molecule has 132 valence electrons. The SMILES string of the molecule is C[B][C@@H]1O[C@H](CCO)C(OC)[C@H]1F.C[B][C@H]1CS[C@@H](CCO)O1. The zero-order chi connectivity index (χ0) is 17.2. The molecule has 23 heavy (non-hydrogen) atoms. The standard InChI is InChI=1S/C8H15BFO3.C6H12BO2S/c1-9-8-6(10)7(12-2)5(13-8)3-4-11;1-7-5-4-10-6(9-5)2-3-8/h5-8,11H,3-4H2,1-2H3;5-6,8H,2-4H2,1H3/t5-,6-,7?,8-;5-,6+/m11/s1. The van der Waals surface area contributed by atoms with Crippen molar-refractivity contribution in [3.8, 4) is 0 Å². The number of halogens is 1. The van der Waals surface area contributed by atoms with E-state index in [1.165, 1.54) is 7.11 Å². The highest BCUT2D eigenvalue weighted by Gasteiger charge is 2.43. The number of hydrogen-bond donors (Lipinski definition) is 2. The summed E-state index contributed by atoms with van der Waals surface area (Å²) in [5.74, 6) is 1.04. The summed E-state index contributed by atoms with van der Waals surface area (Å²) in [6, 6.07) is -0.192. The van der Waals surface area contributed by atoms with E-state index in [1.807, 2.05) is 6.82 Å². The minimum Gasteiger partial charge on any atom is -0.396 e. The van der Waals surface area contributed by atoms with Gasteiger partial charge in [-0.15, -0.1) is 11.8 Å². The fraction of sp³-hybridized carbons (Fsp3) is 1.00. The molecule has 0 aromatic heterocycles. The van der Waals surface area contributed by atoms with Gasteiger partial charge in [-0.05, 0) is 6.42 Å². The zero-order valence-corrected chi connectivity index (χ0v) is 14.9. The van der Waals surface area contributed by atoms with Crippen LogP contribution in [-0.2, 0) is 14.2 Å². The van der Waals surface area contributed by atoms with Gasteiger partial charge in [-0.2, -0.15) is 0 Å². The van der Waals surface area contributed by atoms with E-state index in [0.29, 0.717) is 12.4 Å². The molecule has 0 saturated carbocycles. The molecule has 0 aromatic rings. The normalized spacial score (nSPS) is 36.4. The van der Waals surface area contributed by atoms with Gasteiger partial charge in [0.2, 0.25) is 0 Å². The summed E-state index contributed by atoms with van der Waals surface area (Å²) in [5.41, 5.74) is 0.228. The Labute approximate surface area is 144 Å². The Morgan fingerprint density at radius 3 is 2.35 bits per heavy atom. The Morgan fingerprint density at radius 2 is 1.87 bits per heavy atom. The maximum absolute atomic E-state index is 13.5. The lowest BCUT2D eigenvalue weighted by Gasteiger charge is -2.16. The molecule has 5 nitrogen and oxygen atoms in total. The Hall–Kier alpha value is 0.210. The molecule has 0 aromatic carbocycles. The second kappa shape index (κ2) is 11.7. The Kier molecular flexibility index (Phi) is 10.8. The summed E-state index contributed by atoms with van der Waals surface area (Å²) in [6.07, 6.45) is -0.816. The van der Waals surface area contributed by atoms with Crippen LogP contribution >= 0.6 is 11.8 Å². The minimum absolute atomic E-state index is 0.00627. The second-order valence-corrected chi connectivity index (χ2v) is 6.61. The van der Waals surface area contributed by atoms with Crippen LogP contribution < -0.4 is 0 Å². The first-order valence-electron chi connectivity index (χ1n) is 8.01. The Bertz CT molecular complexity index is 319. The van der Waals surface area contributed by atoms with Crippen molar-refractivity contribution >= 4 is 26.3 Å². The molecule has 2 aliphatic rings. The summed E-state index contributed by atoms with van der Waals surface area (Å²) >= 11 is 1.79. The molecule has 2 heterocycles. The summed E-state index contributed by atoms with van der Waals surface area (Å²) in [5, 5.41) is 17.3. The second-order valence-electron chi connectivity index (χ2n) is 5.41. The number of thioether (sulfide) groups is 1. The van der Waals surface area contributed by atoms with Gasteiger partial charge in [-0.25, -0.2) is 4.39 Å². The fourth-order valence-corrected chi connectivity index (χ4v) is 3.73. The van der Waals surface area contributed by atoms with Gasteiger partial charge in [0.1, 0.15) is 32.3 Å². The van der Waals surface area contributed by atoms with Crippen LogP contribution in [0.5, 0.6) is 0 Å². The van der Waals surface area contributed by atoms with E-state index in [4.69, 9.17) is 24.4 Å². The van der Waals surface area contributed by atoms with Crippen LogP contribution in [0.15, 0.2) is 0 Å². The predicted molar refractivity (Wildman–Crippen MR) is 92.1 cm³/mol. The monoisotopic (exact) mass is 348 g/mol. The van der Waals surface area contributed by atoms with Crippen LogP contribution in [-0.4, -0.2) is 86.7 Å². The van der Waals surface area contributed by atoms with Crippen molar-refractivity contribution in [2.75, 3.05) is 26.1 Å². The van der Waals surface area contributed by atoms with Crippen LogP contribution in [0.2, 0.25) is 13.6 Å². The lowest BCUT2D eigenvalue weighted by molar-refractivity contribution is -0.00862. The molecule has 2 aliphatic heterocycles. The molecule has 0 aliphatic carbocycles. The molecule has 0 spiro atoms. The fourth-order valence-electron chi connectivity index (χ4n) is 2.56. The highest BCUT2D eigenvalue weighted by molar-refractivity contribution is 8.00. The Balaban J connectivity index is 0.000000238. The smallest absolute Gasteiger partial charge is 0.150 e. The Morgan fingerprint density at radius 1 is 1.17 bits per heavy atom. The molecule has 6 atom stereocenters. The lowest BCUT2D eigenvalue weighted by atomic mass is 9.72. The predicted octanol–water partition coefficient (Wildman–Crippen LogP) is 0.736. The summed E-state index contributed by atoms with van der Waals surface area (Å²) in [4.78, 5) is 0. The number of aliphatic hydroxyl groups is 2. The van der Waals surface area contributed by atoms with Gasteiger partial charge in [0.05, 0.1) is 12.1 Å². The van der Waals surface area contributed by atoms with Crippen molar-refractivity contribution in [3.05, 3.63) is 0 Å². The third kappa shape index (κ3) is 6.55. The first kappa shape index (κ1) is 21.3. The van der Waals surface area contributed by atoms with Crippen molar-refractivity contribution < 1.29 is 28.8 Å².